The molecule has 0 saturated heterocycles. The van der Waals surface area contributed by atoms with Gasteiger partial charge < -0.3 is 31.9 Å². The molecule has 11 atom stereocenters. The van der Waals surface area contributed by atoms with Crippen LogP contribution in [0.25, 0.3) is 6.08 Å². The van der Waals surface area contributed by atoms with Gasteiger partial charge >= 0.3 is 5.97 Å². The van der Waals surface area contributed by atoms with E-state index in [1.807, 2.05) is 77.1 Å². The number of carbonyl (C=O) groups excluding carboxylic acids is 2. The number of Topliss-reactive ketones (excluding diaryl/α,β-unsaturated/α-hetero) is 2. The van der Waals surface area contributed by atoms with Gasteiger partial charge in [0, 0.05) is 58.6 Å². The van der Waals surface area contributed by atoms with E-state index in [-0.39, 0.29) is 42.5 Å². The molecule has 1 aromatic rings. The number of ketones is 2. The first kappa shape index (κ1) is 38.4. The molecular weight excluding hydrogens is 682 g/mol. The number of guanidine groups is 1. The quantitative estimate of drug-likeness (QED) is 0.119. The minimum Gasteiger partial charge on any atom is -0.478 e. The fourth-order valence-corrected chi connectivity index (χ4v) is 13.1. The Morgan fingerprint density at radius 3 is 2.33 bits per heavy atom. The highest BCUT2D eigenvalue weighted by atomic mass is 16.4. The molecule has 0 aliphatic heterocycles. The number of hydrogen-bond acceptors (Lipinski definition) is 7. The van der Waals surface area contributed by atoms with Crippen molar-refractivity contribution < 1.29 is 34.8 Å². The van der Waals surface area contributed by atoms with Crippen LogP contribution in [0.2, 0.25) is 0 Å². The van der Waals surface area contributed by atoms with Gasteiger partial charge in [0.2, 0.25) is 0 Å². The summed E-state index contributed by atoms with van der Waals surface area (Å²) in [5.74, 6) is -3.72. The van der Waals surface area contributed by atoms with Gasteiger partial charge in [0.15, 0.2) is 11.7 Å². The van der Waals surface area contributed by atoms with Crippen molar-refractivity contribution in [2.45, 2.75) is 103 Å². The summed E-state index contributed by atoms with van der Waals surface area (Å²) in [5, 5.41) is 48.8. The predicted molar refractivity (Wildman–Crippen MR) is 206 cm³/mol. The number of aliphatic hydroxyl groups is 3. The summed E-state index contributed by atoms with van der Waals surface area (Å²) in [4.78, 5) is 45.4. The van der Waals surface area contributed by atoms with E-state index in [4.69, 9.17) is 11.5 Å². The first-order valence-corrected chi connectivity index (χ1v) is 19.5. The van der Waals surface area contributed by atoms with E-state index in [1.165, 1.54) is 6.08 Å². The molecule has 2 saturated carbocycles. The molecule has 8 N–H and O–H groups in total. The molecule has 7 rings (SSSR count). The summed E-state index contributed by atoms with van der Waals surface area (Å²) in [7, 11) is 0. The lowest BCUT2D eigenvalue weighted by Crippen LogP contribution is -2.69. The molecule has 6 aliphatic carbocycles. The van der Waals surface area contributed by atoms with Crippen molar-refractivity contribution in [1.82, 2.24) is 0 Å². The maximum Gasteiger partial charge on any atom is 0.331 e. The molecular formula is C44H57N3O7. The summed E-state index contributed by atoms with van der Waals surface area (Å²) in [6, 6.07) is 9.81. The van der Waals surface area contributed by atoms with Crippen molar-refractivity contribution in [3.63, 3.8) is 0 Å². The Kier molecular flexibility index (Phi) is 8.77. The van der Waals surface area contributed by atoms with Crippen LogP contribution in [0.3, 0.4) is 0 Å². The zero-order valence-electron chi connectivity index (χ0n) is 32.4. The number of hydrogen-bond donors (Lipinski definition) is 6. The molecule has 0 amide bonds. The van der Waals surface area contributed by atoms with Crippen LogP contribution in [0.5, 0.6) is 0 Å². The first-order valence-electron chi connectivity index (χ1n) is 19.5. The van der Waals surface area contributed by atoms with Crippen LogP contribution in [0.1, 0.15) is 92.1 Å². The van der Waals surface area contributed by atoms with Crippen molar-refractivity contribution in [1.29, 1.82) is 0 Å². The van der Waals surface area contributed by atoms with Crippen molar-refractivity contribution in [2.75, 3.05) is 6.54 Å². The zero-order valence-corrected chi connectivity index (χ0v) is 32.4. The molecule has 6 aliphatic rings. The van der Waals surface area contributed by atoms with Gasteiger partial charge in [0.05, 0.1) is 11.2 Å². The number of carbonyl (C=O) groups is 3. The standard InChI is InChI=1S/C44H57N3O7/c1-25(30(24-47-37(45)46)42(52)17-10-13-27(21-42)36(50)51)29-22-43(53)19-20-44(54)28(15-14-26-11-8-7-9-12-26)34-38(2,3)32(49)16-18-39(34,4)33-31(48)23-40(29,5)41(43,6)35(33)44/h7-9,11-12,14-15,19-21,25,28-30,34,52-54H,10,13,16-18,22-24H2,1-6H3,(H,50,51)(H4,45,46,47)/b15-14+/t25-,28-,29+,30-,34+,39+,40+,41-,42+,43-,44+/m0/s1. The number of aliphatic imine (C=N–C) groups is 1. The van der Waals surface area contributed by atoms with Crippen LogP contribution in [0.4, 0.5) is 0 Å². The van der Waals surface area contributed by atoms with Gasteiger partial charge in [-0.2, -0.15) is 0 Å². The molecule has 0 aromatic heterocycles. The molecule has 0 radical (unpaired) electrons. The zero-order chi connectivity index (χ0) is 39.4. The molecule has 0 heterocycles. The third-order valence-electron chi connectivity index (χ3n) is 15.8. The average Bonchev–Trinajstić information content (AvgIpc) is 3.28. The second-order valence-corrected chi connectivity index (χ2v) is 18.7. The Labute approximate surface area is 318 Å². The Morgan fingerprint density at radius 2 is 1.69 bits per heavy atom. The SMILES string of the molecule is C[C@@H]([C@H]1C[C@@]2(O)C=C[C@]3(O)C4=C(C(=O)C[C@@]1(C)[C@]42C)[C@@]1(C)CCC(=O)C(C)(C)[C@H]1[C@@H]3/C=C/c1ccccc1)[C@H](CN=C(N)N)[C@]1(O)C=C(C(=O)O)CCC1. The summed E-state index contributed by atoms with van der Waals surface area (Å²) in [5.41, 5.74) is 5.38. The van der Waals surface area contributed by atoms with Crippen LogP contribution in [-0.4, -0.2) is 67.3 Å². The number of aliphatic carboxylic acids is 1. The molecule has 0 bridgehead atoms. The van der Waals surface area contributed by atoms with Gasteiger partial charge in [0.1, 0.15) is 11.4 Å². The highest BCUT2D eigenvalue weighted by molar-refractivity contribution is 6.02. The lowest BCUT2D eigenvalue weighted by molar-refractivity contribution is -0.162. The second-order valence-electron chi connectivity index (χ2n) is 18.7. The van der Waals surface area contributed by atoms with Gasteiger partial charge in [-0.25, -0.2) is 4.79 Å². The van der Waals surface area contributed by atoms with Gasteiger partial charge in [-0.3, -0.25) is 14.6 Å². The van der Waals surface area contributed by atoms with Crippen molar-refractivity contribution in [2.24, 2.45) is 67.7 Å². The average molecular weight is 740 g/mol. The molecule has 10 nitrogen and oxygen atoms in total. The lowest BCUT2D eigenvalue weighted by Gasteiger charge is -2.68. The predicted octanol–water partition coefficient (Wildman–Crippen LogP) is 5.13. The fourth-order valence-electron chi connectivity index (χ4n) is 13.1. The Bertz CT molecular complexity index is 1940. The summed E-state index contributed by atoms with van der Waals surface area (Å²) in [6.45, 7) is 12.0. The van der Waals surface area contributed by atoms with Crippen molar-refractivity contribution in [3.8, 4) is 0 Å². The maximum absolute atomic E-state index is 15.2. The van der Waals surface area contributed by atoms with E-state index in [1.54, 1.807) is 12.2 Å². The third-order valence-corrected chi connectivity index (χ3v) is 15.8. The number of carboxylic acid groups (broad SMARTS) is 1. The van der Waals surface area contributed by atoms with Gasteiger partial charge in [-0.05, 0) is 78.6 Å². The van der Waals surface area contributed by atoms with Crippen LogP contribution >= 0.6 is 0 Å². The van der Waals surface area contributed by atoms with Gasteiger partial charge in [0.25, 0.3) is 0 Å². The number of fused-ring (bicyclic) bond motifs is 2. The Hall–Kier alpha value is -3.86. The van der Waals surface area contributed by atoms with Gasteiger partial charge in [-0.1, -0.05) is 90.1 Å². The van der Waals surface area contributed by atoms with E-state index >= 15 is 4.79 Å². The number of nitrogens with zero attached hydrogens (tertiary/aromatic N) is 1. The van der Waals surface area contributed by atoms with E-state index in [0.717, 1.165) is 5.56 Å². The highest BCUT2D eigenvalue weighted by Gasteiger charge is 2.78. The molecule has 0 unspecified atom stereocenters. The number of carboxylic acids is 1. The molecule has 1 aromatic carbocycles. The number of nitrogens with two attached hydrogens (primary N) is 2. The molecule has 54 heavy (non-hydrogen) atoms. The Balaban J connectivity index is 1.43. The maximum atomic E-state index is 15.2. The normalized spacial score (nSPS) is 41.9. The third kappa shape index (κ3) is 5.08. The molecule has 2 fully saturated rings. The minimum absolute atomic E-state index is 0.0159. The lowest BCUT2D eigenvalue weighted by atomic mass is 9.36. The van der Waals surface area contributed by atoms with Crippen molar-refractivity contribution in [3.05, 3.63) is 76.9 Å². The van der Waals surface area contributed by atoms with Crippen LogP contribution in [-0.2, 0) is 14.4 Å². The van der Waals surface area contributed by atoms with E-state index in [0.29, 0.717) is 43.3 Å². The topological polar surface area (TPSA) is 197 Å². The van der Waals surface area contributed by atoms with E-state index < -0.39 is 74.0 Å². The number of allylic oxidation sites excluding steroid dienone is 1. The van der Waals surface area contributed by atoms with Crippen molar-refractivity contribution >= 4 is 29.6 Å². The fraction of sp³-hybridized carbons (Fsp3) is 0.591. The monoisotopic (exact) mass is 739 g/mol. The summed E-state index contributed by atoms with van der Waals surface area (Å²) in [6.07, 6.45) is 11.1. The highest BCUT2D eigenvalue weighted by Crippen LogP contribution is 2.78. The smallest absolute Gasteiger partial charge is 0.331 e. The van der Waals surface area contributed by atoms with E-state index in [2.05, 4.69) is 11.9 Å². The summed E-state index contributed by atoms with van der Waals surface area (Å²) >= 11 is 0. The molecule has 10 heteroatoms. The van der Waals surface area contributed by atoms with E-state index in [9.17, 15) is 30.0 Å². The number of rotatable bonds is 8. The van der Waals surface area contributed by atoms with Gasteiger partial charge in [-0.15, -0.1) is 0 Å². The first-order chi connectivity index (χ1) is 25.1. The van der Waals surface area contributed by atoms with Crippen LogP contribution < -0.4 is 11.5 Å². The van der Waals surface area contributed by atoms with Crippen LogP contribution in [0.15, 0.2) is 76.3 Å². The number of benzene rings is 1. The second kappa shape index (κ2) is 12.3. The minimum atomic E-state index is -1.70. The molecule has 0 spiro atoms. The van der Waals surface area contributed by atoms with Crippen LogP contribution in [0, 0.1) is 51.2 Å². The Morgan fingerprint density at radius 1 is 1.00 bits per heavy atom. The summed E-state index contributed by atoms with van der Waals surface area (Å²) < 4.78 is 0. The largest absolute Gasteiger partial charge is 0.478 e. The molecule has 290 valence electrons.